The Labute approximate surface area is 127 Å². The van der Waals surface area contributed by atoms with E-state index in [1.54, 1.807) is 12.2 Å². The quantitative estimate of drug-likeness (QED) is 0.584. The Morgan fingerprint density at radius 1 is 1.10 bits per heavy atom. The van der Waals surface area contributed by atoms with Crippen LogP contribution in [0.4, 0.5) is 0 Å². The number of rotatable bonds is 4. The average molecular weight is 290 g/mol. The standard InChI is InChI=1S/C17H26N2O2/c1-13-4-3-5-14(8-13)9-15-6-7-16(18-11-20)17(2,10-15)19-12-21/h13-16H,3-10H2,1-2H3. The van der Waals surface area contributed by atoms with Crippen LogP contribution in [0.5, 0.6) is 0 Å². The second-order valence-electron chi connectivity index (χ2n) is 7.32. The zero-order valence-electron chi connectivity index (χ0n) is 13.2. The van der Waals surface area contributed by atoms with Crippen molar-refractivity contribution in [2.75, 3.05) is 0 Å². The summed E-state index contributed by atoms with van der Waals surface area (Å²) < 4.78 is 0. The van der Waals surface area contributed by atoms with Gasteiger partial charge >= 0.3 is 0 Å². The fourth-order valence-electron chi connectivity index (χ4n) is 4.47. The predicted octanol–water partition coefficient (Wildman–Crippen LogP) is 3.80. The molecule has 0 aromatic heterocycles. The Bertz CT molecular complexity index is 452. The molecule has 2 saturated carbocycles. The highest BCUT2D eigenvalue weighted by Crippen LogP contribution is 2.42. The van der Waals surface area contributed by atoms with Crippen LogP contribution in [0.1, 0.15) is 65.2 Å². The lowest BCUT2D eigenvalue weighted by Crippen LogP contribution is -2.42. The van der Waals surface area contributed by atoms with Crippen molar-refractivity contribution in [3.05, 3.63) is 0 Å². The SMILES string of the molecule is CC1CCCC(CC2CCC(N=C=O)C(C)(N=C=O)C2)C1. The van der Waals surface area contributed by atoms with Gasteiger partial charge in [0.25, 0.3) is 0 Å². The van der Waals surface area contributed by atoms with Gasteiger partial charge in [-0.3, -0.25) is 0 Å². The fourth-order valence-corrected chi connectivity index (χ4v) is 4.47. The summed E-state index contributed by atoms with van der Waals surface area (Å²) >= 11 is 0. The molecule has 2 rings (SSSR count). The van der Waals surface area contributed by atoms with E-state index in [4.69, 9.17) is 0 Å². The van der Waals surface area contributed by atoms with Crippen LogP contribution < -0.4 is 0 Å². The molecule has 116 valence electrons. The highest BCUT2D eigenvalue weighted by atomic mass is 16.1. The Kier molecular flexibility index (Phi) is 5.50. The molecular weight excluding hydrogens is 264 g/mol. The Balaban J connectivity index is 2.00. The number of carbonyl (C=O) groups excluding carboxylic acids is 2. The highest BCUT2D eigenvalue weighted by molar-refractivity contribution is 5.38. The number of isocyanates is 2. The largest absolute Gasteiger partial charge is 0.235 e. The molecule has 4 heteroatoms. The lowest BCUT2D eigenvalue weighted by Gasteiger charge is -2.40. The van der Waals surface area contributed by atoms with E-state index >= 15 is 0 Å². The second kappa shape index (κ2) is 7.15. The molecule has 0 N–H and O–H groups in total. The first kappa shape index (κ1) is 16.1. The minimum Gasteiger partial charge on any atom is -0.211 e. The van der Waals surface area contributed by atoms with Gasteiger partial charge in [-0.25, -0.2) is 9.59 Å². The zero-order valence-corrected chi connectivity index (χ0v) is 13.2. The lowest BCUT2D eigenvalue weighted by molar-refractivity contribution is 0.161. The summed E-state index contributed by atoms with van der Waals surface area (Å²) in [7, 11) is 0. The normalized spacial score (nSPS) is 39.9. The smallest absolute Gasteiger partial charge is 0.211 e. The summed E-state index contributed by atoms with van der Waals surface area (Å²) in [6, 6.07) is -0.210. The van der Waals surface area contributed by atoms with Crippen molar-refractivity contribution in [1.29, 1.82) is 0 Å². The molecule has 0 saturated heterocycles. The second-order valence-corrected chi connectivity index (χ2v) is 7.32. The summed E-state index contributed by atoms with van der Waals surface area (Å²) in [5.41, 5.74) is -0.567. The topological polar surface area (TPSA) is 58.9 Å². The van der Waals surface area contributed by atoms with Crippen molar-refractivity contribution in [2.24, 2.45) is 27.7 Å². The molecule has 0 amide bonds. The summed E-state index contributed by atoms with van der Waals surface area (Å²) in [6.07, 6.45) is 12.7. The molecule has 0 spiro atoms. The van der Waals surface area contributed by atoms with E-state index in [2.05, 4.69) is 16.9 Å². The zero-order chi connectivity index (χ0) is 15.3. The predicted molar refractivity (Wildman–Crippen MR) is 81.5 cm³/mol. The third-order valence-corrected chi connectivity index (χ3v) is 5.49. The van der Waals surface area contributed by atoms with Gasteiger partial charge in [-0.1, -0.05) is 26.2 Å². The first-order valence-electron chi connectivity index (χ1n) is 8.23. The number of hydrogen-bond acceptors (Lipinski definition) is 4. The van der Waals surface area contributed by atoms with Crippen LogP contribution in [-0.2, 0) is 9.59 Å². The molecule has 0 aromatic carbocycles. The summed E-state index contributed by atoms with van der Waals surface area (Å²) in [5.74, 6) is 2.24. The van der Waals surface area contributed by atoms with Crippen molar-refractivity contribution in [2.45, 2.75) is 76.8 Å². The van der Waals surface area contributed by atoms with Gasteiger partial charge in [-0.15, -0.1) is 0 Å². The van der Waals surface area contributed by atoms with E-state index in [1.165, 1.54) is 32.1 Å². The molecule has 21 heavy (non-hydrogen) atoms. The molecule has 2 aliphatic rings. The molecular formula is C17H26N2O2. The Hall–Kier alpha value is -1.24. The number of hydrogen-bond donors (Lipinski definition) is 0. The maximum atomic E-state index is 10.7. The van der Waals surface area contributed by atoms with E-state index in [-0.39, 0.29) is 6.04 Å². The van der Waals surface area contributed by atoms with E-state index < -0.39 is 5.54 Å². The highest BCUT2D eigenvalue weighted by Gasteiger charge is 2.41. The minimum atomic E-state index is -0.567. The molecule has 2 aliphatic carbocycles. The molecule has 2 fully saturated rings. The summed E-state index contributed by atoms with van der Waals surface area (Å²) in [6.45, 7) is 4.28. The minimum absolute atomic E-state index is 0.210. The average Bonchev–Trinajstić information content (AvgIpc) is 2.42. The molecule has 0 radical (unpaired) electrons. The molecule has 4 nitrogen and oxygen atoms in total. The number of nitrogens with zero attached hydrogens (tertiary/aromatic N) is 2. The summed E-state index contributed by atoms with van der Waals surface area (Å²) in [4.78, 5) is 29.2. The van der Waals surface area contributed by atoms with Gasteiger partial charge < -0.3 is 0 Å². The van der Waals surface area contributed by atoms with Crippen LogP contribution in [-0.4, -0.2) is 23.7 Å². The summed E-state index contributed by atoms with van der Waals surface area (Å²) in [5, 5.41) is 0. The van der Waals surface area contributed by atoms with Crippen LogP contribution in [0, 0.1) is 17.8 Å². The lowest BCUT2D eigenvalue weighted by atomic mass is 9.69. The fraction of sp³-hybridized carbons (Fsp3) is 0.882. The van der Waals surface area contributed by atoms with Gasteiger partial charge in [0.15, 0.2) is 0 Å². The van der Waals surface area contributed by atoms with E-state index in [9.17, 15) is 9.59 Å². The van der Waals surface area contributed by atoms with Gasteiger partial charge in [0.1, 0.15) is 0 Å². The van der Waals surface area contributed by atoms with Gasteiger partial charge in [-0.2, -0.15) is 9.98 Å². The third-order valence-electron chi connectivity index (χ3n) is 5.49. The third kappa shape index (κ3) is 4.12. The Morgan fingerprint density at radius 2 is 1.90 bits per heavy atom. The van der Waals surface area contributed by atoms with E-state index in [0.29, 0.717) is 5.92 Å². The van der Waals surface area contributed by atoms with Gasteiger partial charge in [0.2, 0.25) is 12.2 Å². The van der Waals surface area contributed by atoms with Gasteiger partial charge in [0.05, 0.1) is 11.6 Å². The van der Waals surface area contributed by atoms with E-state index in [0.717, 1.165) is 31.1 Å². The first-order chi connectivity index (χ1) is 10.1. The van der Waals surface area contributed by atoms with Crippen LogP contribution in [0.25, 0.3) is 0 Å². The van der Waals surface area contributed by atoms with Gasteiger partial charge in [-0.05, 0) is 56.8 Å². The number of aliphatic imine (C=N–C) groups is 2. The molecule has 5 unspecified atom stereocenters. The molecule has 0 aromatic rings. The van der Waals surface area contributed by atoms with Crippen LogP contribution in [0.3, 0.4) is 0 Å². The van der Waals surface area contributed by atoms with Crippen molar-refractivity contribution < 1.29 is 9.59 Å². The van der Waals surface area contributed by atoms with Crippen LogP contribution in [0.2, 0.25) is 0 Å². The van der Waals surface area contributed by atoms with E-state index in [1.807, 2.05) is 6.92 Å². The van der Waals surface area contributed by atoms with Crippen molar-refractivity contribution in [3.63, 3.8) is 0 Å². The van der Waals surface area contributed by atoms with Gasteiger partial charge in [0, 0.05) is 0 Å². The van der Waals surface area contributed by atoms with Crippen LogP contribution in [0.15, 0.2) is 9.98 Å². The first-order valence-corrected chi connectivity index (χ1v) is 8.23. The maximum absolute atomic E-state index is 10.7. The van der Waals surface area contributed by atoms with Crippen LogP contribution >= 0.6 is 0 Å². The van der Waals surface area contributed by atoms with Crippen molar-refractivity contribution in [3.8, 4) is 0 Å². The maximum Gasteiger partial charge on any atom is 0.235 e. The monoisotopic (exact) mass is 290 g/mol. The van der Waals surface area contributed by atoms with Crippen molar-refractivity contribution in [1.82, 2.24) is 0 Å². The molecule has 0 heterocycles. The molecule has 0 bridgehead atoms. The molecule has 0 aliphatic heterocycles. The Morgan fingerprint density at radius 3 is 2.57 bits per heavy atom. The van der Waals surface area contributed by atoms with Crippen molar-refractivity contribution >= 4 is 12.2 Å². The molecule has 5 atom stereocenters.